The Morgan fingerprint density at radius 2 is 1.37 bits per heavy atom. The Hall–Kier alpha value is -4.90. The molecule has 7 aromatic rings. The van der Waals surface area contributed by atoms with Crippen molar-refractivity contribution in [3.05, 3.63) is 110 Å². The zero-order valence-electron chi connectivity index (χ0n) is 18.6. The molecular formula is C30H18N4O. The molecule has 0 saturated heterocycles. The Morgan fingerprint density at radius 1 is 0.600 bits per heavy atom. The number of aromatic nitrogens is 4. The summed E-state index contributed by atoms with van der Waals surface area (Å²) in [6, 6.07) is 30.8. The fourth-order valence-corrected chi connectivity index (χ4v) is 4.61. The highest BCUT2D eigenvalue weighted by molar-refractivity contribution is 5.99. The highest BCUT2D eigenvalue weighted by atomic mass is 16.3. The molecule has 0 radical (unpaired) electrons. The average molecular weight is 451 g/mol. The fourth-order valence-electron chi connectivity index (χ4n) is 4.61. The second-order valence-corrected chi connectivity index (χ2v) is 8.41. The SMILES string of the molecule is c1ccc2c(-c3cc(-c4nc5ncccc5o4)nc(-c4cncc5ccccc45)c3)cccc2c1. The van der Waals surface area contributed by atoms with E-state index in [1.54, 1.807) is 6.20 Å². The molecule has 35 heavy (non-hydrogen) atoms. The monoisotopic (exact) mass is 450 g/mol. The van der Waals surface area contributed by atoms with Gasteiger partial charge in [-0.15, -0.1) is 0 Å². The van der Waals surface area contributed by atoms with Crippen molar-refractivity contribution >= 4 is 32.8 Å². The van der Waals surface area contributed by atoms with Gasteiger partial charge in [-0.2, -0.15) is 4.98 Å². The van der Waals surface area contributed by atoms with E-state index >= 15 is 0 Å². The number of nitrogens with zero attached hydrogens (tertiary/aromatic N) is 4. The maximum atomic E-state index is 6.06. The van der Waals surface area contributed by atoms with Crippen LogP contribution in [0.5, 0.6) is 0 Å². The summed E-state index contributed by atoms with van der Waals surface area (Å²) in [7, 11) is 0. The van der Waals surface area contributed by atoms with Crippen LogP contribution < -0.4 is 0 Å². The van der Waals surface area contributed by atoms with Gasteiger partial charge in [-0.05, 0) is 51.6 Å². The van der Waals surface area contributed by atoms with Gasteiger partial charge in [0.15, 0.2) is 11.2 Å². The summed E-state index contributed by atoms with van der Waals surface area (Å²) in [5.74, 6) is 0.440. The van der Waals surface area contributed by atoms with Crippen molar-refractivity contribution in [3.63, 3.8) is 0 Å². The first-order chi connectivity index (χ1) is 17.3. The molecule has 4 heterocycles. The zero-order chi connectivity index (χ0) is 23.2. The molecule has 0 amide bonds. The maximum absolute atomic E-state index is 6.06. The van der Waals surface area contributed by atoms with Gasteiger partial charge in [0.25, 0.3) is 0 Å². The van der Waals surface area contributed by atoms with E-state index in [0.29, 0.717) is 22.8 Å². The van der Waals surface area contributed by atoms with Crippen molar-refractivity contribution in [1.29, 1.82) is 0 Å². The Labute approximate surface area is 200 Å². The number of fused-ring (bicyclic) bond motifs is 3. The Kier molecular flexibility index (Phi) is 4.39. The first-order valence-electron chi connectivity index (χ1n) is 11.4. The van der Waals surface area contributed by atoms with Gasteiger partial charge >= 0.3 is 0 Å². The van der Waals surface area contributed by atoms with Gasteiger partial charge in [0, 0.05) is 29.5 Å². The van der Waals surface area contributed by atoms with Crippen LogP contribution in [0.25, 0.3) is 66.7 Å². The molecule has 0 aliphatic heterocycles. The van der Waals surface area contributed by atoms with E-state index < -0.39 is 0 Å². The quantitative estimate of drug-likeness (QED) is 0.282. The summed E-state index contributed by atoms with van der Waals surface area (Å²) >= 11 is 0. The predicted molar refractivity (Wildman–Crippen MR) is 139 cm³/mol. The standard InChI is InChI=1S/C30H18N4O/c1-3-10-22-19(7-1)9-5-12-24(22)21-15-26(25-18-31-17-20-8-2-4-11-23(20)25)33-27(16-21)30-34-29-28(35-30)13-6-14-32-29/h1-18H. The first kappa shape index (κ1) is 19.6. The van der Waals surface area contributed by atoms with Crippen LogP contribution in [0.4, 0.5) is 0 Å². The minimum absolute atomic E-state index is 0.440. The number of hydrogen-bond acceptors (Lipinski definition) is 5. The predicted octanol–water partition coefficient (Wildman–Crippen LogP) is 7.32. The first-order valence-corrected chi connectivity index (χ1v) is 11.4. The second-order valence-electron chi connectivity index (χ2n) is 8.41. The third kappa shape index (κ3) is 3.33. The highest BCUT2D eigenvalue weighted by Gasteiger charge is 2.16. The van der Waals surface area contributed by atoms with Crippen molar-refractivity contribution in [1.82, 2.24) is 19.9 Å². The smallest absolute Gasteiger partial charge is 0.247 e. The van der Waals surface area contributed by atoms with Crippen molar-refractivity contribution in [3.8, 4) is 34.0 Å². The molecule has 0 atom stereocenters. The second kappa shape index (κ2) is 7.85. The number of benzene rings is 3. The molecule has 0 saturated carbocycles. The Morgan fingerprint density at radius 3 is 2.26 bits per heavy atom. The molecule has 0 unspecified atom stereocenters. The molecular weight excluding hydrogens is 432 g/mol. The third-order valence-electron chi connectivity index (χ3n) is 6.25. The molecule has 0 aliphatic rings. The van der Waals surface area contributed by atoms with Crippen LogP contribution in [0.3, 0.4) is 0 Å². The molecule has 0 fully saturated rings. The molecule has 4 aromatic heterocycles. The topological polar surface area (TPSA) is 64.7 Å². The van der Waals surface area contributed by atoms with E-state index in [2.05, 4.69) is 75.6 Å². The average Bonchev–Trinajstić information content (AvgIpc) is 3.37. The number of rotatable bonds is 3. The summed E-state index contributed by atoms with van der Waals surface area (Å²) < 4.78 is 6.06. The highest BCUT2D eigenvalue weighted by Crippen LogP contribution is 2.36. The van der Waals surface area contributed by atoms with E-state index in [4.69, 9.17) is 9.40 Å². The molecule has 3 aromatic carbocycles. The van der Waals surface area contributed by atoms with E-state index in [1.165, 1.54) is 10.8 Å². The lowest BCUT2D eigenvalue weighted by atomic mass is 9.96. The Balaban J connectivity index is 1.52. The van der Waals surface area contributed by atoms with Crippen LogP contribution in [-0.2, 0) is 0 Å². The van der Waals surface area contributed by atoms with E-state index in [1.807, 2.05) is 42.7 Å². The van der Waals surface area contributed by atoms with Crippen LogP contribution >= 0.6 is 0 Å². The molecule has 7 rings (SSSR count). The lowest BCUT2D eigenvalue weighted by Crippen LogP contribution is -1.93. The molecule has 0 N–H and O–H groups in total. The van der Waals surface area contributed by atoms with Crippen molar-refractivity contribution in [2.45, 2.75) is 0 Å². The number of oxazole rings is 1. The molecule has 5 nitrogen and oxygen atoms in total. The fraction of sp³-hybridized carbons (Fsp3) is 0. The summed E-state index contributed by atoms with van der Waals surface area (Å²) in [4.78, 5) is 18.4. The number of pyridine rings is 3. The maximum Gasteiger partial charge on any atom is 0.247 e. The van der Waals surface area contributed by atoms with E-state index in [0.717, 1.165) is 33.2 Å². The van der Waals surface area contributed by atoms with Crippen molar-refractivity contribution in [2.24, 2.45) is 0 Å². The summed E-state index contributed by atoms with van der Waals surface area (Å²) in [6.45, 7) is 0. The van der Waals surface area contributed by atoms with E-state index in [-0.39, 0.29) is 0 Å². The summed E-state index contributed by atoms with van der Waals surface area (Å²) in [5, 5.41) is 4.52. The van der Waals surface area contributed by atoms with E-state index in [9.17, 15) is 0 Å². The summed E-state index contributed by atoms with van der Waals surface area (Å²) in [5.41, 5.74) is 5.77. The summed E-state index contributed by atoms with van der Waals surface area (Å²) in [6.07, 6.45) is 5.46. The molecule has 0 aliphatic carbocycles. The van der Waals surface area contributed by atoms with Crippen LogP contribution in [0.1, 0.15) is 0 Å². The Bertz CT molecular complexity index is 1730. The van der Waals surface area contributed by atoms with Gasteiger partial charge in [-0.1, -0.05) is 66.7 Å². The molecule has 0 spiro atoms. The molecule has 0 bridgehead atoms. The van der Waals surface area contributed by atoms with Gasteiger partial charge in [0.05, 0.1) is 5.69 Å². The van der Waals surface area contributed by atoms with Gasteiger partial charge in [-0.3, -0.25) is 4.98 Å². The van der Waals surface area contributed by atoms with Gasteiger partial charge in [0.1, 0.15) is 5.69 Å². The van der Waals surface area contributed by atoms with Crippen molar-refractivity contribution < 1.29 is 4.42 Å². The number of hydrogen-bond donors (Lipinski definition) is 0. The van der Waals surface area contributed by atoms with Gasteiger partial charge < -0.3 is 4.42 Å². The largest absolute Gasteiger partial charge is 0.433 e. The van der Waals surface area contributed by atoms with Crippen LogP contribution in [0, 0.1) is 0 Å². The van der Waals surface area contributed by atoms with Gasteiger partial charge in [0.2, 0.25) is 5.89 Å². The van der Waals surface area contributed by atoms with Gasteiger partial charge in [-0.25, -0.2) is 9.97 Å². The minimum Gasteiger partial charge on any atom is -0.433 e. The lowest BCUT2D eigenvalue weighted by Gasteiger charge is -2.12. The van der Waals surface area contributed by atoms with Crippen LogP contribution in [-0.4, -0.2) is 19.9 Å². The van der Waals surface area contributed by atoms with Crippen molar-refractivity contribution in [2.75, 3.05) is 0 Å². The molecule has 164 valence electrons. The van der Waals surface area contributed by atoms with Crippen LogP contribution in [0.15, 0.2) is 114 Å². The lowest BCUT2D eigenvalue weighted by molar-refractivity contribution is 0.617. The molecule has 5 heteroatoms. The van der Waals surface area contributed by atoms with Crippen LogP contribution in [0.2, 0.25) is 0 Å². The third-order valence-corrected chi connectivity index (χ3v) is 6.25. The normalized spacial score (nSPS) is 11.4. The zero-order valence-corrected chi connectivity index (χ0v) is 18.6. The minimum atomic E-state index is 0.440.